The third-order valence-corrected chi connectivity index (χ3v) is 3.88. The van der Waals surface area contributed by atoms with Crippen molar-refractivity contribution in [3.05, 3.63) is 46.6 Å². The van der Waals surface area contributed by atoms with Crippen molar-refractivity contribution in [3.8, 4) is 21.8 Å². The third-order valence-electron chi connectivity index (χ3n) is 2.68. The minimum atomic E-state index is -0.471. The van der Waals surface area contributed by atoms with Crippen LogP contribution in [0.25, 0.3) is 21.8 Å². The van der Waals surface area contributed by atoms with Crippen molar-refractivity contribution >= 4 is 28.8 Å². The number of thiophene rings is 1. The highest BCUT2D eigenvalue weighted by molar-refractivity contribution is 7.13. The molecule has 0 amide bonds. The SMILES string of the molecule is Nc1noc(-c2c(F)cccc2Cl)c1-c1cccs1. The Labute approximate surface area is 117 Å². The van der Waals surface area contributed by atoms with E-state index in [4.69, 9.17) is 21.9 Å². The topological polar surface area (TPSA) is 52.0 Å². The number of nitrogens with two attached hydrogens (primary N) is 1. The van der Waals surface area contributed by atoms with E-state index in [1.165, 1.54) is 23.5 Å². The Morgan fingerprint density at radius 1 is 1.21 bits per heavy atom. The lowest BCUT2D eigenvalue weighted by molar-refractivity contribution is 0.433. The smallest absolute Gasteiger partial charge is 0.182 e. The van der Waals surface area contributed by atoms with Gasteiger partial charge >= 0.3 is 0 Å². The molecule has 2 heterocycles. The summed E-state index contributed by atoms with van der Waals surface area (Å²) in [5, 5.41) is 5.87. The van der Waals surface area contributed by atoms with E-state index in [0.717, 1.165) is 4.88 Å². The van der Waals surface area contributed by atoms with Crippen LogP contribution in [0.1, 0.15) is 0 Å². The first kappa shape index (κ1) is 12.2. The van der Waals surface area contributed by atoms with Crippen LogP contribution in [0.15, 0.2) is 40.2 Å². The van der Waals surface area contributed by atoms with Gasteiger partial charge in [0.2, 0.25) is 0 Å². The molecule has 3 rings (SSSR count). The Kier molecular flexibility index (Phi) is 3.00. The number of nitrogen functional groups attached to an aromatic ring is 1. The van der Waals surface area contributed by atoms with Gasteiger partial charge in [-0.25, -0.2) is 4.39 Å². The maximum Gasteiger partial charge on any atom is 0.182 e. The lowest BCUT2D eigenvalue weighted by atomic mass is 10.1. The molecule has 2 N–H and O–H groups in total. The van der Waals surface area contributed by atoms with Gasteiger partial charge in [-0.3, -0.25) is 0 Å². The molecule has 0 aliphatic heterocycles. The summed E-state index contributed by atoms with van der Waals surface area (Å²) in [6.45, 7) is 0. The van der Waals surface area contributed by atoms with Crippen molar-refractivity contribution in [2.75, 3.05) is 5.73 Å². The predicted molar refractivity (Wildman–Crippen MR) is 74.6 cm³/mol. The standard InChI is InChI=1S/C13H8ClFN2OS/c14-7-3-1-4-8(15)10(7)12-11(13(16)17-18-12)9-5-2-6-19-9/h1-6H,(H2,16,17). The fourth-order valence-corrected chi connectivity index (χ4v) is 2.87. The fourth-order valence-electron chi connectivity index (χ4n) is 1.85. The second-order valence-electron chi connectivity index (χ2n) is 3.85. The van der Waals surface area contributed by atoms with E-state index in [-0.39, 0.29) is 22.2 Å². The number of nitrogens with zero attached hydrogens (tertiary/aromatic N) is 1. The first-order valence-electron chi connectivity index (χ1n) is 5.42. The summed E-state index contributed by atoms with van der Waals surface area (Å²) >= 11 is 7.51. The van der Waals surface area contributed by atoms with E-state index < -0.39 is 5.82 Å². The minimum absolute atomic E-state index is 0.178. The summed E-state index contributed by atoms with van der Waals surface area (Å²) in [6, 6.07) is 8.19. The highest BCUT2D eigenvalue weighted by atomic mass is 35.5. The van der Waals surface area contributed by atoms with Crippen molar-refractivity contribution in [1.82, 2.24) is 5.16 Å². The third kappa shape index (κ3) is 2.01. The van der Waals surface area contributed by atoms with E-state index >= 15 is 0 Å². The van der Waals surface area contributed by atoms with Crippen LogP contribution in [0, 0.1) is 5.82 Å². The molecule has 0 aliphatic rings. The number of hydrogen-bond donors (Lipinski definition) is 1. The zero-order chi connectivity index (χ0) is 13.4. The number of anilines is 1. The number of halogens is 2. The van der Waals surface area contributed by atoms with Crippen molar-refractivity contribution in [2.45, 2.75) is 0 Å². The molecule has 0 atom stereocenters. The molecule has 2 aromatic heterocycles. The summed E-state index contributed by atoms with van der Waals surface area (Å²) in [7, 11) is 0. The van der Waals surface area contributed by atoms with Gasteiger partial charge in [0.15, 0.2) is 11.6 Å². The quantitative estimate of drug-likeness (QED) is 0.760. The second-order valence-corrected chi connectivity index (χ2v) is 5.20. The zero-order valence-corrected chi connectivity index (χ0v) is 11.1. The van der Waals surface area contributed by atoms with Crippen molar-refractivity contribution < 1.29 is 8.91 Å². The van der Waals surface area contributed by atoms with Crippen LogP contribution in [0.3, 0.4) is 0 Å². The summed E-state index contributed by atoms with van der Waals surface area (Å²) in [6.07, 6.45) is 0. The maximum absolute atomic E-state index is 14.0. The number of hydrogen-bond acceptors (Lipinski definition) is 4. The lowest BCUT2D eigenvalue weighted by Crippen LogP contribution is -1.89. The van der Waals surface area contributed by atoms with Crippen LogP contribution in [0.4, 0.5) is 10.2 Å². The largest absolute Gasteiger partial charge is 0.380 e. The predicted octanol–water partition coefficient (Wildman–Crippen LogP) is 4.44. The van der Waals surface area contributed by atoms with Crippen molar-refractivity contribution in [1.29, 1.82) is 0 Å². The first-order valence-corrected chi connectivity index (χ1v) is 6.67. The minimum Gasteiger partial charge on any atom is -0.380 e. The van der Waals surface area contributed by atoms with Gasteiger partial charge < -0.3 is 10.3 Å². The highest BCUT2D eigenvalue weighted by Crippen LogP contribution is 2.42. The molecule has 0 saturated heterocycles. The molecule has 0 spiro atoms. The van der Waals surface area contributed by atoms with Crippen LogP contribution in [0.2, 0.25) is 5.02 Å². The molecule has 6 heteroatoms. The van der Waals surface area contributed by atoms with E-state index in [1.54, 1.807) is 6.07 Å². The van der Waals surface area contributed by atoms with E-state index in [0.29, 0.717) is 5.56 Å². The molecule has 1 aromatic carbocycles. The molecule has 0 saturated carbocycles. The molecule has 0 radical (unpaired) electrons. The van der Waals surface area contributed by atoms with E-state index in [2.05, 4.69) is 5.16 Å². The van der Waals surface area contributed by atoms with Gasteiger partial charge in [-0.15, -0.1) is 11.3 Å². The molecule has 19 heavy (non-hydrogen) atoms. The van der Waals surface area contributed by atoms with Crippen LogP contribution >= 0.6 is 22.9 Å². The molecule has 3 nitrogen and oxygen atoms in total. The molecule has 3 aromatic rings. The molecule has 0 fully saturated rings. The second kappa shape index (κ2) is 4.68. The van der Waals surface area contributed by atoms with Gasteiger partial charge in [0.25, 0.3) is 0 Å². The van der Waals surface area contributed by atoms with Crippen LogP contribution in [0.5, 0.6) is 0 Å². The average molecular weight is 295 g/mol. The van der Waals surface area contributed by atoms with E-state index in [1.807, 2.05) is 17.5 Å². The summed E-state index contributed by atoms with van der Waals surface area (Å²) in [5.74, 6) is 0.00118. The number of aromatic nitrogens is 1. The van der Waals surface area contributed by atoms with Crippen molar-refractivity contribution in [2.24, 2.45) is 0 Å². The number of benzene rings is 1. The molecular weight excluding hydrogens is 287 g/mol. The fraction of sp³-hybridized carbons (Fsp3) is 0. The Morgan fingerprint density at radius 3 is 2.74 bits per heavy atom. The van der Waals surface area contributed by atoms with E-state index in [9.17, 15) is 4.39 Å². The van der Waals surface area contributed by atoms with Crippen LogP contribution in [-0.2, 0) is 0 Å². The van der Waals surface area contributed by atoms with Crippen LogP contribution in [-0.4, -0.2) is 5.16 Å². The normalized spacial score (nSPS) is 10.8. The molecule has 0 aliphatic carbocycles. The van der Waals surface area contributed by atoms with Gasteiger partial charge in [0.1, 0.15) is 5.82 Å². The van der Waals surface area contributed by atoms with Gasteiger partial charge in [0, 0.05) is 4.88 Å². The Balaban J connectivity index is 2.28. The Morgan fingerprint density at radius 2 is 2.05 bits per heavy atom. The van der Waals surface area contributed by atoms with Gasteiger partial charge in [-0.05, 0) is 23.6 Å². The summed E-state index contributed by atoms with van der Waals surface area (Å²) in [4.78, 5) is 0.855. The lowest BCUT2D eigenvalue weighted by Gasteiger charge is -2.04. The molecule has 96 valence electrons. The van der Waals surface area contributed by atoms with Gasteiger partial charge in [-0.2, -0.15) is 0 Å². The van der Waals surface area contributed by atoms with Gasteiger partial charge in [0.05, 0.1) is 16.1 Å². The first-order chi connectivity index (χ1) is 9.18. The summed E-state index contributed by atoms with van der Waals surface area (Å²) < 4.78 is 19.1. The number of rotatable bonds is 2. The average Bonchev–Trinajstić information content (AvgIpc) is 2.99. The van der Waals surface area contributed by atoms with Gasteiger partial charge in [-0.1, -0.05) is 28.9 Å². The maximum atomic E-state index is 14.0. The summed E-state index contributed by atoms with van der Waals surface area (Å²) in [5.41, 5.74) is 6.56. The Hall–Kier alpha value is -1.85. The Bertz CT molecular complexity index is 704. The highest BCUT2D eigenvalue weighted by Gasteiger charge is 2.23. The van der Waals surface area contributed by atoms with Crippen LogP contribution < -0.4 is 5.73 Å². The monoisotopic (exact) mass is 294 g/mol. The zero-order valence-electron chi connectivity index (χ0n) is 9.56. The molecule has 0 unspecified atom stereocenters. The molecule has 0 bridgehead atoms. The molecular formula is C13H8ClFN2OS. The van der Waals surface area contributed by atoms with Crippen molar-refractivity contribution in [3.63, 3.8) is 0 Å².